The number of hydrogen-bond donors (Lipinski definition) is 1. The van der Waals surface area contributed by atoms with Crippen molar-refractivity contribution in [2.45, 2.75) is 37.8 Å². The molecule has 2 aliphatic heterocycles. The van der Waals surface area contributed by atoms with Crippen LogP contribution in [0.3, 0.4) is 0 Å². The molecule has 2 aromatic heterocycles. The van der Waals surface area contributed by atoms with E-state index in [-0.39, 0.29) is 11.9 Å². The Morgan fingerprint density at radius 1 is 1.14 bits per heavy atom. The van der Waals surface area contributed by atoms with E-state index in [9.17, 15) is 4.79 Å². The molecule has 0 spiro atoms. The van der Waals surface area contributed by atoms with Crippen LogP contribution in [0.15, 0.2) is 49.2 Å². The molecule has 0 aromatic carbocycles. The van der Waals surface area contributed by atoms with Crippen LogP contribution in [0.4, 0.5) is 0 Å². The van der Waals surface area contributed by atoms with Gasteiger partial charge in [-0.05, 0) is 49.9 Å². The molecule has 5 rings (SSSR count). The lowest BCUT2D eigenvalue weighted by molar-refractivity contribution is 0.0922. The van der Waals surface area contributed by atoms with Crippen molar-refractivity contribution in [2.24, 2.45) is 7.05 Å². The van der Waals surface area contributed by atoms with Crippen molar-refractivity contribution in [2.75, 3.05) is 0 Å². The van der Waals surface area contributed by atoms with Gasteiger partial charge in [0.25, 0.3) is 5.91 Å². The molecule has 0 unspecified atom stereocenters. The van der Waals surface area contributed by atoms with E-state index < -0.39 is 0 Å². The van der Waals surface area contributed by atoms with Gasteiger partial charge in [0.2, 0.25) is 0 Å². The molecule has 1 amide bonds. The van der Waals surface area contributed by atoms with Crippen LogP contribution in [0.5, 0.6) is 0 Å². The quantitative estimate of drug-likeness (QED) is 0.597. The van der Waals surface area contributed by atoms with Crippen molar-refractivity contribution in [3.05, 3.63) is 54.7 Å². The number of imidazole rings is 1. The van der Waals surface area contributed by atoms with E-state index in [4.69, 9.17) is 0 Å². The topological polar surface area (TPSA) is 77.6 Å². The molecular weight excluding hydrogens is 352 g/mol. The molecular formula is C21H22N6O. The molecule has 1 saturated carbocycles. The van der Waals surface area contributed by atoms with E-state index in [0.717, 1.165) is 42.7 Å². The Balaban J connectivity index is 1.24. The second-order valence-corrected chi connectivity index (χ2v) is 7.54. The van der Waals surface area contributed by atoms with E-state index in [0.29, 0.717) is 11.6 Å². The van der Waals surface area contributed by atoms with Gasteiger partial charge >= 0.3 is 0 Å². The lowest BCUT2D eigenvalue weighted by Gasteiger charge is -2.31. The summed E-state index contributed by atoms with van der Waals surface area (Å²) in [7, 11) is 1.89. The number of nitrogens with zero attached hydrogens (tertiary/aromatic N) is 5. The summed E-state index contributed by atoms with van der Waals surface area (Å²) in [5, 5.41) is 3.17. The summed E-state index contributed by atoms with van der Waals surface area (Å²) >= 11 is 0. The Labute approximate surface area is 162 Å². The third kappa shape index (κ3) is 2.93. The average Bonchev–Trinajstić information content (AvgIpc) is 3.35. The van der Waals surface area contributed by atoms with E-state index in [1.54, 1.807) is 18.6 Å². The monoisotopic (exact) mass is 374 g/mol. The van der Waals surface area contributed by atoms with Gasteiger partial charge in [-0.1, -0.05) is 0 Å². The number of rotatable bonds is 3. The van der Waals surface area contributed by atoms with Gasteiger partial charge < -0.3 is 14.5 Å². The second-order valence-electron chi connectivity index (χ2n) is 7.54. The predicted octanol–water partition coefficient (Wildman–Crippen LogP) is 3.18. The number of hydrogen-bond acceptors (Lipinski definition) is 4. The summed E-state index contributed by atoms with van der Waals surface area (Å²) in [6, 6.07) is 8.65. The minimum absolute atomic E-state index is 0.0732. The van der Waals surface area contributed by atoms with Crippen LogP contribution < -0.4 is 5.32 Å². The maximum absolute atomic E-state index is 12.7. The minimum atomic E-state index is -0.0732. The number of pyridine rings is 2. The first-order valence-electron chi connectivity index (χ1n) is 9.68. The highest BCUT2D eigenvalue weighted by atomic mass is 16.1. The van der Waals surface area contributed by atoms with Gasteiger partial charge in [-0.2, -0.15) is 0 Å². The summed E-state index contributed by atoms with van der Waals surface area (Å²) in [4.78, 5) is 25.8. The fourth-order valence-corrected chi connectivity index (χ4v) is 4.20. The Morgan fingerprint density at radius 3 is 2.86 bits per heavy atom. The number of nitrogens with one attached hydrogen (secondary N) is 1. The Bertz CT molecular complexity index is 1100. The fourth-order valence-electron chi connectivity index (χ4n) is 4.20. The molecule has 3 aliphatic rings. The summed E-state index contributed by atoms with van der Waals surface area (Å²) in [5.74, 6) is 0.973. The number of amides is 1. The van der Waals surface area contributed by atoms with Crippen LogP contribution >= 0.6 is 0 Å². The third-order valence-corrected chi connectivity index (χ3v) is 5.71. The number of carbonyl (C=O) groups excluding carboxylic acids is 1. The molecule has 1 aliphatic carbocycles. The average molecular weight is 374 g/mol. The lowest BCUT2D eigenvalue weighted by atomic mass is 9.90. The first kappa shape index (κ1) is 16.9. The molecule has 4 heterocycles. The number of fused-ring (bicyclic) bond motifs is 2. The fraction of sp³-hybridized carbons (Fsp3) is 0.333. The van der Waals surface area contributed by atoms with Gasteiger partial charge in [0, 0.05) is 43.3 Å². The Hall–Kier alpha value is -3.22. The molecule has 1 fully saturated rings. The summed E-state index contributed by atoms with van der Waals surface area (Å²) in [6.45, 7) is 0. The predicted molar refractivity (Wildman–Crippen MR) is 106 cm³/mol. The van der Waals surface area contributed by atoms with Crippen LogP contribution in [-0.2, 0) is 7.05 Å². The summed E-state index contributed by atoms with van der Waals surface area (Å²) in [5.41, 5.74) is 3.26. The normalized spacial score (nSPS) is 19.9. The molecule has 0 atom stereocenters. The van der Waals surface area contributed by atoms with Crippen molar-refractivity contribution in [1.29, 1.82) is 0 Å². The molecule has 28 heavy (non-hydrogen) atoms. The zero-order valence-corrected chi connectivity index (χ0v) is 15.7. The standard InChI is InChI=1S/C21H22N6O/c1-26-13-24-18-11-15(12-23-20(18)26)21(28)25-16-4-6-17(7-5-16)27-10-2-3-14-8-9-22-19(14)27/h2-3,8-13,16-17H,4-7H2,1H3,(H,25,28). The first-order valence-corrected chi connectivity index (χ1v) is 9.68. The molecule has 0 saturated heterocycles. The molecule has 7 nitrogen and oxygen atoms in total. The van der Waals surface area contributed by atoms with Crippen molar-refractivity contribution in [3.8, 4) is 11.4 Å². The number of aryl methyl sites for hydroxylation is 1. The van der Waals surface area contributed by atoms with Crippen LogP contribution in [0, 0.1) is 0 Å². The third-order valence-electron chi connectivity index (χ3n) is 5.71. The Kier molecular flexibility index (Phi) is 4.07. The van der Waals surface area contributed by atoms with Crippen LogP contribution in [0.25, 0.3) is 22.6 Å². The second kappa shape index (κ2) is 6.74. The highest BCUT2D eigenvalue weighted by Crippen LogP contribution is 2.32. The maximum Gasteiger partial charge on any atom is 0.253 e. The van der Waals surface area contributed by atoms with Gasteiger partial charge in [-0.3, -0.25) is 4.79 Å². The van der Waals surface area contributed by atoms with Crippen LogP contribution in [0.2, 0.25) is 0 Å². The van der Waals surface area contributed by atoms with Crippen LogP contribution in [-0.4, -0.2) is 36.0 Å². The zero-order valence-electron chi connectivity index (χ0n) is 15.7. The van der Waals surface area contributed by atoms with Crippen molar-refractivity contribution < 1.29 is 4.79 Å². The van der Waals surface area contributed by atoms with E-state index in [2.05, 4.69) is 43.2 Å². The van der Waals surface area contributed by atoms with Gasteiger partial charge in [0.15, 0.2) is 5.65 Å². The van der Waals surface area contributed by atoms with Crippen LogP contribution in [0.1, 0.15) is 42.1 Å². The van der Waals surface area contributed by atoms with Crippen molar-refractivity contribution in [3.63, 3.8) is 0 Å². The van der Waals surface area contributed by atoms with Gasteiger partial charge in [0.05, 0.1) is 11.9 Å². The highest BCUT2D eigenvalue weighted by molar-refractivity contribution is 5.96. The van der Waals surface area contributed by atoms with E-state index >= 15 is 0 Å². The van der Waals surface area contributed by atoms with Gasteiger partial charge in [-0.15, -0.1) is 0 Å². The van der Waals surface area contributed by atoms with Gasteiger partial charge in [-0.25, -0.2) is 15.0 Å². The molecule has 142 valence electrons. The largest absolute Gasteiger partial charge is 0.349 e. The molecule has 7 heteroatoms. The lowest BCUT2D eigenvalue weighted by Crippen LogP contribution is -2.38. The molecule has 2 aromatic rings. The van der Waals surface area contributed by atoms with Crippen molar-refractivity contribution >= 4 is 17.1 Å². The smallest absolute Gasteiger partial charge is 0.253 e. The van der Waals surface area contributed by atoms with E-state index in [1.807, 2.05) is 23.9 Å². The number of carbonyl (C=O) groups is 1. The molecule has 0 bridgehead atoms. The summed E-state index contributed by atoms with van der Waals surface area (Å²) in [6.07, 6.45) is 11.3. The maximum atomic E-state index is 12.7. The van der Waals surface area contributed by atoms with E-state index in [1.165, 1.54) is 5.56 Å². The Morgan fingerprint density at radius 2 is 2.00 bits per heavy atom. The number of aromatic nitrogens is 5. The highest BCUT2D eigenvalue weighted by Gasteiger charge is 2.25. The summed E-state index contributed by atoms with van der Waals surface area (Å²) < 4.78 is 4.13. The molecule has 1 N–H and O–H groups in total. The minimum Gasteiger partial charge on any atom is -0.349 e. The first-order chi connectivity index (χ1) is 13.7. The zero-order chi connectivity index (χ0) is 19.1. The van der Waals surface area contributed by atoms with Gasteiger partial charge in [0.1, 0.15) is 11.3 Å². The van der Waals surface area contributed by atoms with Crippen molar-refractivity contribution in [1.82, 2.24) is 29.4 Å². The SMILES string of the molecule is Cn1cnc2cc(C(=O)NC3CCC(n4cccc5ccnc4-5)CC3)cnc21. The molecule has 0 radical (unpaired) electrons.